The first-order valence-corrected chi connectivity index (χ1v) is 7.17. The number of benzene rings is 2. The summed E-state index contributed by atoms with van der Waals surface area (Å²) in [6.07, 6.45) is 0. The van der Waals surface area contributed by atoms with Gasteiger partial charge in [-0.2, -0.15) is 0 Å². The molecular weight excluding hydrogens is 349 g/mol. The molecule has 1 aromatic heterocycles. The van der Waals surface area contributed by atoms with Crippen LogP contribution in [0.4, 0.5) is 0 Å². The van der Waals surface area contributed by atoms with Crippen molar-refractivity contribution in [2.75, 3.05) is 7.11 Å². The fourth-order valence-corrected chi connectivity index (χ4v) is 3.54. The molecule has 0 spiro atoms. The average Bonchev–Trinajstić information content (AvgIpc) is 2.71. The number of hydrogen-bond donors (Lipinski definition) is 0. The fourth-order valence-electron chi connectivity index (χ4n) is 2.41. The summed E-state index contributed by atoms with van der Waals surface area (Å²) < 4.78 is 8.83. The van der Waals surface area contributed by atoms with Gasteiger partial charge in [0.25, 0.3) is 0 Å². The van der Waals surface area contributed by atoms with Crippen molar-refractivity contribution in [3.63, 3.8) is 0 Å². The zero-order valence-electron chi connectivity index (χ0n) is 10.9. The van der Waals surface area contributed by atoms with E-state index in [9.17, 15) is 0 Å². The van der Waals surface area contributed by atoms with E-state index in [1.807, 2.05) is 12.1 Å². The maximum atomic E-state index is 5.32. The number of ether oxygens (including phenoxy) is 1. The zero-order valence-corrected chi connectivity index (χ0v) is 13.0. The Balaban J connectivity index is 2.32. The van der Waals surface area contributed by atoms with E-state index in [-0.39, 0.29) is 0 Å². The lowest BCUT2D eigenvalue weighted by molar-refractivity contribution is 0.415. The monoisotopic (exact) mass is 363 g/mol. The quantitative estimate of drug-likeness (QED) is 0.614. The van der Waals surface area contributed by atoms with Crippen LogP contribution in [0.25, 0.3) is 22.2 Å². The van der Waals surface area contributed by atoms with E-state index in [4.69, 9.17) is 4.74 Å². The molecule has 0 amide bonds. The lowest BCUT2D eigenvalue weighted by atomic mass is 10.1. The minimum absolute atomic E-state index is 0.893. The molecule has 0 bridgehead atoms. The minimum Gasteiger partial charge on any atom is -0.497 e. The third-order valence-corrected chi connectivity index (χ3v) is 4.49. The van der Waals surface area contributed by atoms with Crippen LogP contribution < -0.4 is 4.74 Å². The highest BCUT2D eigenvalue weighted by Gasteiger charge is 2.14. The van der Waals surface area contributed by atoms with Gasteiger partial charge in [0.05, 0.1) is 18.3 Å². The Morgan fingerprint density at radius 1 is 1.05 bits per heavy atom. The average molecular weight is 363 g/mol. The maximum Gasteiger partial charge on any atom is 0.120 e. The van der Waals surface area contributed by atoms with Crippen LogP contribution in [0.5, 0.6) is 5.75 Å². The highest BCUT2D eigenvalue weighted by atomic mass is 127. The Kier molecular flexibility index (Phi) is 3.22. The lowest BCUT2D eigenvalue weighted by Crippen LogP contribution is -1.92. The van der Waals surface area contributed by atoms with Gasteiger partial charge in [0.1, 0.15) is 5.75 Å². The van der Waals surface area contributed by atoms with E-state index in [1.54, 1.807) is 7.11 Å². The second-order valence-corrected chi connectivity index (χ2v) is 5.55. The number of aryl methyl sites for hydroxylation is 1. The van der Waals surface area contributed by atoms with Crippen molar-refractivity contribution in [2.24, 2.45) is 7.05 Å². The van der Waals surface area contributed by atoms with Crippen molar-refractivity contribution in [3.8, 4) is 17.0 Å². The summed E-state index contributed by atoms with van der Waals surface area (Å²) in [7, 11) is 3.81. The molecule has 3 rings (SSSR count). The van der Waals surface area contributed by atoms with E-state index in [0.29, 0.717) is 0 Å². The largest absolute Gasteiger partial charge is 0.497 e. The summed E-state index contributed by atoms with van der Waals surface area (Å²) in [6.45, 7) is 0. The van der Waals surface area contributed by atoms with Crippen LogP contribution in [0, 0.1) is 3.57 Å². The van der Waals surface area contributed by atoms with Gasteiger partial charge in [-0.1, -0.05) is 30.3 Å². The third-order valence-electron chi connectivity index (χ3n) is 3.39. The molecular formula is C16H14INO. The highest BCUT2D eigenvalue weighted by Crippen LogP contribution is 2.35. The van der Waals surface area contributed by atoms with E-state index in [0.717, 1.165) is 5.75 Å². The first-order valence-electron chi connectivity index (χ1n) is 6.09. The Hall–Kier alpha value is -1.49. The van der Waals surface area contributed by atoms with E-state index >= 15 is 0 Å². The van der Waals surface area contributed by atoms with Gasteiger partial charge in [0, 0.05) is 22.1 Å². The molecule has 0 radical (unpaired) electrons. The van der Waals surface area contributed by atoms with E-state index in [2.05, 4.69) is 70.6 Å². The SMILES string of the molecule is COc1ccc2c(I)c(-c3ccccc3)n(C)c2c1. The van der Waals surface area contributed by atoms with Crippen LogP contribution in [0.15, 0.2) is 48.5 Å². The second-order valence-electron chi connectivity index (χ2n) is 4.47. The topological polar surface area (TPSA) is 14.2 Å². The Morgan fingerprint density at radius 2 is 1.79 bits per heavy atom. The van der Waals surface area contributed by atoms with Crippen LogP contribution in [0.2, 0.25) is 0 Å². The molecule has 3 heteroatoms. The fraction of sp³-hybridized carbons (Fsp3) is 0.125. The Morgan fingerprint density at radius 3 is 2.47 bits per heavy atom. The lowest BCUT2D eigenvalue weighted by Gasteiger charge is -2.05. The zero-order chi connectivity index (χ0) is 13.4. The van der Waals surface area contributed by atoms with Crippen molar-refractivity contribution in [3.05, 3.63) is 52.1 Å². The highest BCUT2D eigenvalue weighted by molar-refractivity contribution is 14.1. The molecule has 19 heavy (non-hydrogen) atoms. The van der Waals surface area contributed by atoms with Gasteiger partial charge >= 0.3 is 0 Å². The number of aromatic nitrogens is 1. The predicted molar refractivity (Wildman–Crippen MR) is 87.6 cm³/mol. The molecule has 1 heterocycles. The van der Waals surface area contributed by atoms with Gasteiger partial charge in [-0.3, -0.25) is 0 Å². The summed E-state index contributed by atoms with van der Waals surface area (Å²) >= 11 is 2.43. The normalized spacial score (nSPS) is 10.9. The number of hydrogen-bond acceptors (Lipinski definition) is 1. The van der Waals surface area contributed by atoms with Crippen molar-refractivity contribution < 1.29 is 4.74 Å². The van der Waals surface area contributed by atoms with Gasteiger partial charge in [-0.15, -0.1) is 0 Å². The standard InChI is InChI=1S/C16H14INO/c1-18-14-10-12(19-2)8-9-13(14)15(17)16(18)11-6-4-3-5-7-11/h3-10H,1-2H3. The molecule has 2 aromatic carbocycles. The predicted octanol–water partition coefficient (Wildman–Crippen LogP) is 4.46. The van der Waals surface area contributed by atoms with Crippen LogP contribution in [0.3, 0.4) is 0 Å². The van der Waals surface area contributed by atoms with Gasteiger partial charge in [-0.25, -0.2) is 0 Å². The van der Waals surface area contributed by atoms with Gasteiger partial charge in [0.2, 0.25) is 0 Å². The van der Waals surface area contributed by atoms with Crippen molar-refractivity contribution in [1.29, 1.82) is 0 Å². The summed E-state index contributed by atoms with van der Waals surface area (Å²) in [6, 6.07) is 16.7. The van der Waals surface area contributed by atoms with Gasteiger partial charge in [-0.05, 0) is 40.3 Å². The molecule has 2 nitrogen and oxygen atoms in total. The molecule has 0 unspecified atom stereocenters. The maximum absolute atomic E-state index is 5.32. The molecule has 0 aliphatic carbocycles. The molecule has 0 saturated heterocycles. The van der Waals surface area contributed by atoms with Crippen molar-refractivity contribution in [2.45, 2.75) is 0 Å². The molecule has 0 fully saturated rings. The first-order chi connectivity index (χ1) is 9.22. The molecule has 0 N–H and O–H groups in total. The summed E-state index contributed by atoms with van der Waals surface area (Å²) in [5.74, 6) is 0.893. The summed E-state index contributed by atoms with van der Waals surface area (Å²) in [4.78, 5) is 0. The van der Waals surface area contributed by atoms with Crippen LogP contribution in [-0.2, 0) is 7.05 Å². The van der Waals surface area contributed by atoms with Gasteiger partial charge in [0.15, 0.2) is 0 Å². The van der Waals surface area contributed by atoms with E-state index in [1.165, 1.54) is 25.7 Å². The molecule has 0 aliphatic rings. The van der Waals surface area contributed by atoms with Crippen LogP contribution in [-0.4, -0.2) is 11.7 Å². The molecule has 0 saturated carbocycles. The van der Waals surface area contributed by atoms with Crippen molar-refractivity contribution in [1.82, 2.24) is 4.57 Å². The Labute approximate surface area is 126 Å². The summed E-state index contributed by atoms with van der Waals surface area (Å²) in [5, 5.41) is 1.27. The van der Waals surface area contributed by atoms with Crippen LogP contribution in [0.1, 0.15) is 0 Å². The van der Waals surface area contributed by atoms with Crippen LogP contribution >= 0.6 is 22.6 Å². The number of fused-ring (bicyclic) bond motifs is 1. The number of methoxy groups -OCH3 is 1. The Bertz CT molecular complexity index is 731. The van der Waals surface area contributed by atoms with Gasteiger partial charge < -0.3 is 9.30 Å². The number of nitrogens with zero attached hydrogens (tertiary/aromatic N) is 1. The first kappa shape index (κ1) is 12.5. The number of halogens is 1. The minimum atomic E-state index is 0.893. The van der Waals surface area contributed by atoms with E-state index < -0.39 is 0 Å². The summed E-state index contributed by atoms with van der Waals surface area (Å²) in [5.41, 5.74) is 3.69. The molecule has 0 aliphatic heterocycles. The molecule has 96 valence electrons. The third kappa shape index (κ3) is 2.02. The van der Waals surface area contributed by atoms with Crippen molar-refractivity contribution >= 4 is 33.5 Å². The molecule has 0 atom stereocenters. The smallest absolute Gasteiger partial charge is 0.120 e. The molecule has 3 aromatic rings. The number of rotatable bonds is 2. The second kappa shape index (κ2) is 4.89.